The van der Waals surface area contributed by atoms with Crippen LogP contribution in [-0.4, -0.2) is 10.9 Å². The molecule has 0 saturated carbocycles. The van der Waals surface area contributed by atoms with Gasteiger partial charge in [-0.2, -0.15) is 0 Å². The molecule has 0 aliphatic heterocycles. The quantitative estimate of drug-likeness (QED) is 0.664. The van der Waals surface area contributed by atoms with Gasteiger partial charge in [-0.3, -0.25) is 4.79 Å². The Morgan fingerprint density at radius 3 is 2.42 bits per heavy atom. The molecule has 0 heterocycles. The van der Waals surface area contributed by atoms with Gasteiger partial charge in [-0.15, -0.1) is 0 Å². The van der Waals surface area contributed by atoms with Crippen molar-refractivity contribution in [3.63, 3.8) is 0 Å². The second-order valence-electron chi connectivity index (χ2n) is 4.68. The van der Waals surface area contributed by atoms with Crippen molar-refractivity contribution in [1.29, 1.82) is 0 Å². The van der Waals surface area contributed by atoms with Crippen LogP contribution < -0.4 is 0 Å². The van der Waals surface area contributed by atoms with Crippen molar-refractivity contribution < 1.29 is 9.90 Å². The van der Waals surface area contributed by atoms with Gasteiger partial charge in [0.2, 0.25) is 0 Å². The van der Waals surface area contributed by atoms with Crippen LogP contribution in [0, 0.1) is 0 Å². The number of rotatable bonds is 4. The lowest BCUT2D eigenvalue weighted by atomic mass is 9.99. The van der Waals surface area contributed by atoms with Crippen molar-refractivity contribution in [3.05, 3.63) is 77.4 Å². The van der Waals surface area contributed by atoms with Gasteiger partial charge >= 0.3 is 0 Å². The monoisotopic (exact) mass is 252 g/mol. The van der Waals surface area contributed by atoms with Gasteiger partial charge in [0.05, 0.1) is 5.56 Å². The topological polar surface area (TPSA) is 37.3 Å². The molecule has 0 radical (unpaired) electrons. The molecule has 2 rings (SSSR count). The Morgan fingerprint density at radius 1 is 1.16 bits per heavy atom. The lowest BCUT2D eigenvalue weighted by Crippen LogP contribution is -2.02. The summed E-state index contributed by atoms with van der Waals surface area (Å²) in [5, 5.41) is 9.99. The van der Waals surface area contributed by atoms with Crippen LogP contribution in [0.25, 0.3) is 0 Å². The molecule has 0 atom stereocenters. The highest BCUT2D eigenvalue weighted by Crippen LogP contribution is 2.23. The molecule has 2 heteroatoms. The first kappa shape index (κ1) is 13.1. The highest BCUT2D eigenvalue weighted by atomic mass is 16.3. The van der Waals surface area contributed by atoms with Crippen LogP contribution >= 0.6 is 0 Å². The summed E-state index contributed by atoms with van der Waals surface area (Å²) in [5.41, 5.74) is 2.87. The van der Waals surface area contributed by atoms with Crippen LogP contribution in [0.15, 0.2) is 60.7 Å². The van der Waals surface area contributed by atoms with E-state index < -0.39 is 0 Å². The van der Waals surface area contributed by atoms with E-state index in [1.54, 1.807) is 36.4 Å². The number of carbonyl (C=O) groups is 1. The number of phenolic OH excluding ortho intramolecular Hbond substituents is 1. The molecule has 1 N–H and O–H groups in total. The van der Waals surface area contributed by atoms with Crippen LogP contribution in [0.3, 0.4) is 0 Å². The van der Waals surface area contributed by atoms with E-state index in [1.165, 1.54) is 0 Å². The molecule has 0 aliphatic rings. The van der Waals surface area contributed by atoms with Gasteiger partial charge in [-0.25, -0.2) is 0 Å². The lowest BCUT2D eigenvalue weighted by Gasteiger charge is -2.07. The van der Waals surface area contributed by atoms with E-state index in [0.717, 1.165) is 11.1 Å². The largest absolute Gasteiger partial charge is 0.507 e. The van der Waals surface area contributed by atoms with Crippen molar-refractivity contribution in [1.82, 2.24) is 0 Å². The van der Waals surface area contributed by atoms with Gasteiger partial charge in [0.1, 0.15) is 5.75 Å². The van der Waals surface area contributed by atoms with E-state index in [2.05, 4.69) is 6.58 Å². The van der Waals surface area contributed by atoms with Gasteiger partial charge in [0.15, 0.2) is 5.78 Å². The molecule has 2 aromatic rings. The van der Waals surface area contributed by atoms with E-state index in [4.69, 9.17) is 0 Å². The Labute approximate surface area is 113 Å². The second-order valence-corrected chi connectivity index (χ2v) is 4.68. The predicted molar refractivity (Wildman–Crippen MR) is 76.5 cm³/mol. The molecule has 19 heavy (non-hydrogen) atoms. The predicted octanol–water partition coefficient (Wildman–Crippen LogP) is 3.74. The molecule has 0 fully saturated rings. The number of allylic oxidation sites excluding steroid dienone is 1. The SMILES string of the molecule is C=C(C)Cc1ccc(C(=O)c2ccccc2)c(O)c1. The zero-order chi connectivity index (χ0) is 13.8. The van der Waals surface area contributed by atoms with Gasteiger partial charge in [-0.05, 0) is 31.0 Å². The van der Waals surface area contributed by atoms with E-state index >= 15 is 0 Å². The smallest absolute Gasteiger partial charge is 0.196 e. The number of phenols is 1. The Bertz CT molecular complexity index is 612. The van der Waals surface area contributed by atoms with Crippen LogP contribution in [0.4, 0.5) is 0 Å². The first-order chi connectivity index (χ1) is 9.08. The summed E-state index contributed by atoms with van der Waals surface area (Å²) < 4.78 is 0. The first-order valence-electron chi connectivity index (χ1n) is 6.14. The third-order valence-electron chi connectivity index (χ3n) is 2.85. The normalized spacial score (nSPS) is 10.2. The standard InChI is InChI=1S/C17H16O2/c1-12(2)10-13-8-9-15(16(18)11-13)17(19)14-6-4-3-5-7-14/h3-9,11,18H,1,10H2,2H3. The number of ketones is 1. The summed E-state index contributed by atoms with van der Waals surface area (Å²) in [6.07, 6.45) is 0.702. The van der Waals surface area contributed by atoms with Crippen molar-refractivity contribution in [2.75, 3.05) is 0 Å². The molecule has 0 amide bonds. The second kappa shape index (κ2) is 5.53. The lowest BCUT2D eigenvalue weighted by molar-refractivity contribution is 0.103. The fourth-order valence-electron chi connectivity index (χ4n) is 1.97. The average Bonchev–Trinajstić information content (AvgIpc) is 2.38. The number of carbonyl (C=O) groups excluding carboxylic acids is 1. The minimum atomic E-state index is -0.167. The highest BCUT2D eigenvalue weighted by molar-refractivity contribution is 6.10. The van der Waals surface area contributed by atoms with Crippen molar-refractivity contribution in [3.8, 4) is 5.75 Å². The van der Waals surface area contributed by atoms with Gasteiger partial charge in [0.25, 0.3) is 0 Å². The maximum absolute atomic E-state index is 12.2. The molecule has 0 aliphatic carbocycles. The minimum Gasteiger partial charge on any atom is -0.507 e. The van der Waals surface area contributed by atoms with E-state index in [0.29, 0.717) is 17.5 Å². The number of aromatic hydroxyl groups is 1. The van der Waals surface area contributed by atoms with Crippen LogP contribution in [-0.2, 0) is 6.42 Å². The molecular formula is C17H16O2. The molecule has 96 valence electrons. The van der Waals surface area contributed by atoms with Crippen LogP contribution in [0.1, 0.15) is 28.4 Å². The Morgan fingerprint density at radius 2 is 1.84 bits per heavy atom. The molecule has 2 aromatic carbocycles. The summed E-state index contributed by atoms with van der Waals surface area (Å²) in [6.45, 7) is 5.77. The van der Waals surface area contributed by atoms with Crippen LogP contribution in [0.5, 0.6) is 5.75 Å². The Hall–Kier alpha value is -2.35. The molecule has 0 spiro atoms. The van der Waals surface area contributed by atoms with E-state index in [1.807, 2.05) is 19.1 Å². The Kier molecular flexibility index (Phi) is 3.81. The molecule has 0 aromatic heterocycles. The number of benzene rings is 2. The van der Waals surface area contributed by atoms with Crippen molar-refractivity contribution in [2.24, 2.45) is 0 Å². The molecule has 0 bridgehead atoms. The minimum absolute atomic E-state index is 0.0209. The summed E-state index contributed by atoms with van der Waals surface area (Å²) >= 11 is 0. The Balaban J connectivity index is 2.31. The molecule has 0 unspecified atom stereocenters. The zero-order valence-electron chi connectivity index (χ0n) is 10.9. The van der Waals surface area contributed by atoms with E-state index in [-0.39, 0.29) is 11.5 Å². The number of hydrogen-bond acceptors (Lipinski definition) is 2. The van der Waals surface area contributed by atoms with Crippen LogP contribution in [0.2, 0.25) is 0 Å². The fourth-order valence-corrected chi connectivity index (χ4v) is 1.97. The highest BCUT2D eigenvalue weighted by Gasteiger charge is 2.13. The fraction of sp³-hybridized carbons (Fsp3) is 0.118. The summed E-state index contributed by atoms with van der Waals surface area (Å²) in [7, 11) is 0. The molecule has 2 nitrogen and oxygen atoms in total. The first-order valence-corrected chi connectivity index (χ1v) is 6.14. The zero-order valence-corrected chi connectivity index (χ0v) is 10.9. The van der Waals surface area contributed by atoms with E-state index in [9.17, 15) is 9.90 Å². The maximum Gasteiger partial charge on any atom is 0.196 e. The summed E-state index contributed by atoms with van der Waals surface area (Å²) in [4.78, 5) is 12.2. The third kappa shape index (κ3) is 3.10. The summed E-state index contributed by atoms with van der Waals surface area (Å²) in [6, 6.07) is 14.1. The maximum atomic E-state index is 12.2. The third-order valence-corrected chi connectivity index (χ3v) is 2.85. The van der Waals surface area contributed by atoms with Gasteiger partial charge in [-0.1, -0.05) is 48.6 Å². The average molecular weight is 252 g/mol. The van der Waals surface area contributed by atoms with Crippen molar-refractivity contribution >= 4 is 5.78 Å². The molecular weight excluding hydrogens is 236 g/mol. The van der Waals surface area contributed by atoms with Gasteiger partial charge < -0.3 is 5.11 Å². The molecule has 0 saturated heterocycles. The van der Waals surface area contributed by atoms with Gasteiger partial charge in [0, 0.05) is 5.56 Å². The number of hydrogen-bond donors (Lipinski definition) is 1. The van der Waals surface area contributed by atoms with Crippen molar-refractivity contribution in [2.45, 2.75) is 13.3 Å². The summed E-state index contributed by atoms with van der Waals surface area (Å²) in [5.74, 6) is -0.146.